The van der Waals surface area contributed by atoms with E-state index in [-0.39, 0.29) is 24.2 Å². The lowest BCUT2D eigenvalue weighted by molar-refractivity contribution is 0.0341. The Morgan fingerprint density at radius 1 is 0.564 bits per heavy atom. The summed E-state index contributed by atoms with van der Waals surface area (Å²) in [7, 11) is 0. The Morgan fingerprint density at radius 2 is 0.897 bits per heavy atom. The number of nitrogens with one attached hydrogen (secondary N) is 2. The standard InChI is InChI=1S/C30H34N4O4.ClH/c35-29(31-27-9-1-23(2-10-27)21-33-13-17-37-18-14-33)25-5-7-26(8-6-25)30(36)32-28-11-3-24(4-12-28)22-34-15-19-38-20-16-34;/h1-12H,13-22H2,(H,31,35)(H,32,36);1H. The lowest BCUT2D eigenvalue weighted by atomic mass is 10.1. The van der Waals surface area contributed by atoms with Crippen LogP contribution in [0.3, 0.4) is 0 Å². The maximum Gasteiger partial charge on any atom is 0.255 e. The molecule has 2 saturated heterocycles. The molecule has 9 heteroatoms. The highest BCUT2D eigenvalue weighted by Gasteiger charge is 2.13. The van der Waals surface area contributed by atoms with Gasteiger partial charge in [0.25, 0.3) is 11.8 Å². The Bertz CT molecular complexity index is 1110. The molecule has 0 bridgehead atoms. The van der Waals surface area contributed by atoms with Gasteiger partial charge in [-0.05, 0) is 59.7 Å². The Kier molecular flexibility index (Phi) is 10.5. The van der Waals surface area contributed by atoms with Gasteiger partial charge in [0.05, 0.1) is 26.4 Å². The molecule has 0 aliphatic carbocycles. The molecular formula is C30H35ClN4O4. The summed E-state index contributed by atoms with van der Waals surface area (Å²) in [4.78, 5) is 30.2. The predicted molar refractivity (Wildman–Crippen MR) is 155 cm³/mol. The number of halogens is 1. The molecule has 0 aromatic heterocycles. The smallest absolute Gasteiger partial charge is 0.255 e. The van der Waals surface area contributed by atoms with Crippen molar-refractivity contribution in [2.24, 2.45) is 0 Å². The highest BCUT2D eigenvalue weighted by atomic mass is 35.5. The number of ether oxygens (including phenoxy) is 2. The van der Waals surface area contributed by atoms with E-state index >= 15 is 0 Å². The van der Waals surface area contributed by atoms with Crippen LogP contribution in [-0.4, -0.2) is 74.2 Å². The van der Waals surface area contributed by atoms with Crippen LogP contribution < -0.4 is 10.6 Å². The van der Waals surface area contributed by atoms with Crippen molar-refractivity contribution in [1.82, 2.24) is 9.80 Å². The van der Waals surface area contributed by atoms with E-state index in [4.69, 9.17) is 9.47 Å². The summed E-state index contributed by atoms with van der Waals surface area (Å²) in [6.07, 6.45) is 0. The van der Waals surface area contributed by atoms with Crippen molar-refractivity contribution in [1.29, 1.82) is 0 Å². The van der Waals surface area contributed by atoms with Gasteiger partial charge in [-0.1, -0.05) is 24.3 Å². The first kappa shape index (κ1) is 28.7. The second kappa shape index (κ2) is 14.2. The van der Waals surface area contributed by atoms with Crippen molar-refractivity contribution in [3.8, 4) is 0 Å². The molecule has 3 aromatic rings. The van der Waals surface area contributed by atoms with Crippen LogP contribution in [0.25, 0.3) is 0 Å². The zero-order valence-electron chi connectivity index (χ0n) is 21.9. The lowest BCUT2D eigenvalue weighted by Crippen LogP contribution is -2.35. The molecule has 0 spiro atoms. The zero-order valence-corrected chi connectivity index (χ0v) is 22.8. The van der Waals surface area contributed by atoms with Crippen molar-refractivity contribution in [3.05, 3.63) is 95.1 Å². The summed E-state index contributed by atoms with van der Waals surface area (Å²) in [5, 5.41) is 5.86. The number of carbonyl (C=O) groups excluding carboxylic acids is 2. The minimum Gasteiger partial charge on any atom is -0.379 e. The molecule has 0 unspecified atom stereocenters. The van der Waals surface area contributed by atoms with Crippen LogP contribution in [-0.2, 0) is 22.6 Å². The molecule has 2 fully saturated rings. The molecule has 0 atom stereocenters. The summed E-state index contributed by atoms with van der Waals surface area (Å²) in [5.74, 6) is -0.428. The molecule has 3 aromatic carbocycles. The number of hydrogen-bond acceptors (Lipinski definition) is 6. The second-order valence-corrected chi connectivity index (χ2v) is 9.66. The molecular weight excluding hydrogens is 516 g/mol. The fraction of sp³-hybridized carbons (Fsp3) is 0.333. The average molecular weight is 551 g/mol. The van der Waals surface area contributed by atoms with Crippen LogP contribution in [0.15, 0.2) is 72.8 Å². The van der Waals surface area contributed by atoms with Crippen LogP contribution in [0.5, 0.6) is 0 Å². The minimum absolute atomic E-state index is 0. The number of morpholine rings is 2. The van der Waals surface area contributed by atoms with Crippen molar-refractivity contribution in [3.63, 3.8) is 0 Å². The molecule has 2 N–H and O–H groups in total. The Labute approximate surface area is 235 Å². The molecule has 2 aliphatic rings. The topological polar surface area (TPSA) is 83.1 Å². The van der Waals surface area contributed by atoms with Gasteiger partial charge in [-0.25, -0.2) is 0 Å². The molecule has 0 saturated carbocycles. The van der Waals surface area contributed by atoms with Crippen LogP contribution in [0.1, 0.15) is 31.8 Å². The van der Waals surface area contributed by atoms with E-state index in [9.17, 15) is 9.59 Å². The van der Waals surface area contributed by atoms with Gasteiger partial charge >= 0.3 is 0 Å². The van der Waals surface area contributed by atoms with E-state index in [2.05, 4.69) is 20.4 Å². The molecule has 0 radical (unpaired) electrons. The summed E-state index contributed by atoms with van der Waals surface area (Å²) < 4.78 is 10.8. The first-order chi connectivity index (χ1) is 18.6. The normalized spacial score (nSPS) is 16.2. The van der Waals surface area contributed by atoms with Gasteiger partial charge in [0.2, 0.25) is 0 Å². The Balaban J connectivity index is 0.00000353. The number of carbonyl (C=O) groups is 2. The summed E-state index contributed by atoms with van der Waals surface area (Å²) >= 11 is 0. The molecule has 8 nitrogen and oxygen atoms in total. The molecule has 5 rings (SSSR count). The van der Waals surface area contributed by atoms with Gasteiger partial charge in [0.15, 0.2) is 0 Å². The third-order valence-corrected chi connectivity index (χ3v) is 6.85. The molecule has 2 heterocycles. The number of nitrogens with zero attached hydrogens (tertiary/aromatic N) is 2. The molecule has 2 amide bonds. The van der Waals surface area contributed by atoms with Crippen LogP contribution >= 0.6 is 12.4 Å². The number of benzene rings is 3. The predicted octanol–water partition coefficient (Wildman–Crippen LogP) is 4.28. The van der Waals surface area contributed by atoms with Gasteiger partial charge in [-0.15, -0.1) is 12.4 Å². The summed E-state index contributed by atoms with van der Waals surface area (Å²) in [6.45, 7) is 8.60. The number of hydrogen-bond donors (Lipinski definition) is 2. The fourth-order valence-electron chi connectivity index (χ4n) is 4.60. The first-order valence-electron chi connectivity index (χ1n) is 13.1. The maximum absolute atomic E-state index is 12.7. The van der Waals surface area contributed by atoms with E-state index in [0.29, 0.717) is 11.1 Å². The largest absolute Gasteiger partial charge is 0.379 e. The zero-order chi connectivity index (χ0) is 26.2. The summed E-state index contributed by atoms with van der Waals surface area (Å²) in [5.41, 5.74) is 4.86. The highest BCUT2D eigenvalue weighted by molar-refractivity contribution is 6.07. The molecule has 2 aliphatic heterocycles. The number of amides is 2. The van der Waals surface area contributed by atoms with E-state index in [1.54, 1.807) is 24.3 Å². The maximum atomic E-state index is 12.7. The monoisotopic (exact) mass is 550 g/mol. The fourth-order valence-corrected chi connectivity index (χ4v) is 4.60. The lowest BCUT2D eigenvalue weighted by Gasteiger charge is -2.26. The molecule has 206 valence electrons. The van der Waals surface area contributed by atoms with Crippen molar-refractivity contribution >= 4 is 35.6 Å². The van der Waals surface area contributed by atoms with Crippen LogP contribution in [0.2, 0.25) is 0 Å². The van der Waals surface area contributed by atoms with Gasteiger partial charge in [0, 0.05) is 61.8 Å². The number of anilines is 2. The second-order valence-electron chi connectivity index (χ2n) is 9.66. The van der Waals surface area contributed by atoms with Gasteiger partial charge in [-0.2, -0.15) is 0 Å². The van der Waals surface area contributed by atoms with E-state index < -0.39 is 0 Å². The van der Waals surface area contributed by atoms with Crippen LogP contribution in [0, 0.1) is 0 Å². The van der Waals surface area contributed by atoms with Gasteiger partial charge < -0.3 is 20.1 Å². The number of rotatable bonds is 8. The quantitative estimate of drug-likeness (QED) is 0.436. The van der Waals surface area contributed by atoms with E-state index in [0.717, 1.165) is 77.1 Å². The van der Waals surface area contributed by atoms with Crippen LogP contribution in [0.4, 0.5) is 11.4 Å². The van der Waals surface area contributed by atoms with E-state index in [1.807, 2.05) is 48.5 Å². The van der Waals surface area contributed by atoms with Gasteiger partial charge in [-0.3, -0.25) is 19.4 Å². The SMILES string of the molecule is Cl.O=C(Nc1ccc(CN2CCOCC2)cc1)c1ccc(C(=O)Nc2ccc(CN3CCOCC3)cc2)cc1. The average Bonchev–Trinajstić information content (AvgIpc) is 2.96. The summed E-state index contributed by atoms with van der Waals surface area (Å²) in [6, 6.07) is 22.5. The third-order valence-electron chi connectivity index (χ3n) is 6.85. The van der Waals surface area contributed by atoms with Crippen molar-refractivity contribution < 1.29 is 19.1 Å². The first-order valence-corrected chi connectivity index (χ1v) is 13.1. The third kappa shape index (κ3) is 8.36. The van der Waals surface area contributed by atoms with Crippen molar-refractivity contribution in [2.45, 2.75) is 13.1 Å². The Hall–Kier alpha value is -3.27. The van der Waals surface area contributed by atoms with Crippen molar-refractivity contribution in [2.75, 3.05) is 63.2 Å². The van der Waals surface area contributed by atoms with E-state index in [1.165, 1.54) is 11.1 Å². The molecule has 39 heavy (non-hydrogen) atoms. The minimum atomic E-state index is -0.214. The van der Waals surface area contributed by atoms with Gasteiger partial charge in [0.1, 0.15) is 0 Å². The Morgan fingerprint density at radius 3 is 1.23 bits per heavy atom. The highest BCUT2D eigenvalue weighted by Crippen LogP contribution is 2.16.